The maximum Gasteiger partial charge on any atom is 0.319 e. The molecule has 1 aliphatic rings. The zero-order valence-corrected chi connectivity index (χ0v) is 22.2. The molecule has 3 aromatic carbocycles. The molecular weight excluding hydrogens is 506 g/mol. The van der Waals surface area contributed by atoms with E-state index in [1.54, 1.807) is 36.4 Å². The number of benzene rings is 3. The van der Waals surface area contributed by atoms with Crippen LogP contribution >= 0.6 is 0 Å². The number of tetrazole rings is 1. The van der Waals surface area contributed by atoms with Gasteiger partial charge in [0.1, 0.15) is 0 Å². The highest BCUT2D eigenvalue weighted by molar-refractivity contribution is 6.03. The molecule has 1 heterocycles. The van der Waals surface area contributed by atoms with Crippen LogP contribution in [-0.2, 0) is 0 Å². The molecule has 10 nitrogen and oxygen atoms in total. The first-order valence-electron chi connectivity index (χ1n) is 13.4. The summed E-state index contributed by atoms with van der Waals surface area (Å²) in [6, 6.07) is 21.3. The number of hydrogen-bond donors (Lipinski definition) is 4. The molecule has 1 unspecified atom stereocenters. The summed E-state index contributed by atoms with van der Waals surface area (Å²) in [7, 11) is 0. The Balaban J connectivity index is 1.37. The molecule has 0 radical (unpaired) electrons. The molecule has 0 bridgehead atoms. The molecule has 1 atom stereocenters. The van der Waals surface area contributed by atoms with Gasteiger partial charge in [0, 0.05) is 16.8 Å². The molecule has 1 saturated carbocycles. The van der Waals surface area contributed by atoms with Crippen LogP contribution in [0.25, 0.3) is 0 Å². The van der Waals surface area contributed by atoms with Crippen molar-refractivity contribution in [2.24, 2.45) is 0 Å². The van der Waals surface area contributed by atoms with Crippen LogP contribution in [-0.4, -0.2) is 38.3 Å². The van der Waals surface area contributed by atoms with Crippen LogP contribution in [0, 0.1) is 0 Å². The molecule has 0 saturated heterocycles. The predicted molar refractivity (Wildman–Crippen MR) is 151 cm³/mol. The quantitative estimate of drug-likeness (QED) is 0.215. The van der Waals surface area contributed by atoms with Crippen molar-refractivity contribution in [3.8, 4) is 0 Å². The van der Waals surface area contributed by atoms with Gasteiger partial charge in [-0.3, -0.25) is 14.9 Å². The van der Waals surface area contributed by atoms with Gasteiger partial charge in [0.2, 0.25) is 0 Å². The van der Waals surface area contributed by atoms with Crippen molar-refractivity contribution in [3.63, 3.8) is 0 Å². The van der Waals surface area contributed by atoms with E-state index in [1.165, 1.54) is 44.6 Å². The number of carbonyl (C=O) groups excluding carboxylic acids is 3. The number of aromatic amines is 1. The number of nitrogens with zero attached hydrogens (tertiary/aromatic N) is 3. The minimum Gasteiger partial charge on any atom is -0.327 e. The second-order valence-corrected chi connectivity index (χ2v) is 9.98. The first-order valence-corrected chi connectivity index (χ1v) is 13.4. The zero-order valence-electron chi connectivity index (χ0n) is 22.2. The fourth-order valence-electron chi connectivity index (χ4n) is 5.09. The zero-order chi connectivity index (χ0) is 27.9. The molecule has 1 aliphatic carbocycles. The van der Waals surface area contributed by atoms with Crippen LogP contribution in [0.15, 0.2) is 72.8 Å². The van der Waals surface area contributed by atoms with E-state index in [9.17, 15) is 14.4 Å². The third-order valence-corrected chi connectivity index (χ3v) is 7.23. The lowest BCUT2D eigenvalue weighted by Gasteiger charge is -2.24. The fraction of sp³-hybridized carbons (Fsp3) is 0.267. The van der Waals surface area contributed by atoms with E-state index in [-0.39, 0.29) is 17.6 Å². The average Bonchev–Trinajstić information content (AvgIpc) is 3.50. The van der Waals surface area contributed by atoms with Crippen LogP contribution in [0.1, 0.15) is 88.4 Å². The summed E-state index contributed by atoms with van der Waals surface area (Å²) in [5.74, 6) is 0.195. The van der Waals surface area contributed by atoms with Crippen molar-refractivity contribution in [2.75, 3.05) is 10.6 Å². The summed E-state index contributed by atoms with van der Waals surface area (Å²) in [5.41, 5.74) is 4.48. The van der Waals surface area contributed by atoms with Crippen LogP contribution in [0.2, 0.25) is 0 Å². The third-order valence-electron chi connectivity index (χ3n) is 7.23. The summed E-state index contributed by atoms with van der Waals surface area (Å²) in [6.07, 6.45) is 6.23. The number of ketones is 1. The second-order valence-electron chi connectivity index (χ2n) is 9.98. The summed E-state index contributed by atoms with van der Waals surface area (Å²) in [6.45, 7) is 1.48. The molecule has 1 aromatic heterocycles. The Bertz CT molecular complexity index is 1460. The average molecular weight is 538 g/mol. The summed E-state index contributed by atoms with van der Waals surface area (Å²) >= 11 is 0. The molecule has 1 fully saturated rings. The first-order chi connectivity index (χ1) is 19.5. The number of Topliss-reactive ketones (excluding diaryl/α,β-unsaturated/α-hetero) is 1. The Kier molecular flexibility index (Phi) is 8.24. The van der Waals surface area contributed by atoms with Crippen molar-refractivity contribution < 1.29 is 14.4 Å². The molecule has 0 spiro atoms. The van der Waals surface area contributed by atoms with Gasteiger partial charge in [-0.1, -0.05) is 72.9 Å². The highest BCUT2D eigenvalue weighted by atomic mass is 16.2. The topological polar surface area (TPSA) is 142 Å². The van der Waals surface area contributed by atoms with Crippen LogP contribution in [0.3, 0.4) is 0 Å². The monoisotopic (exact) mass is 537 g/mol. The van der Waals surface area contributed by atoms with Gasteiger partial charge in [-0.15, -0.1) is 5.10 Å². The minimum absolute atomic E-state index is 0.0801. The molecule has 5 rings (SSSR count). The summed E-state index contributed by atoms with van der Waals surface area (Å²) < 4.78 is 0. The third kappa shape index (κ3) is 6.58. The second kappa shape index (κ2) is 12.3. The Morgan fingerprint density at radius 3 is 2.20 bits per heavy atom. The van der Waals surface area contributed by atoms with Crippen LogP contribution in [0.5, 0.6) is 0 Å². The summed E-state index contributed by atoms with van der Waals surface area (Å²) in [5, 5.41) is 21.7. The first kappa shape index (κ1) is 26.7. The molecule has 204 valence electrons. The van der Waals surface area contributed by atoms with E-state index in [4.69, 9.17) is 0 Å². The molecular formula is C30H31N7O3. The van der Waals surface area contributed by atoms with Crippen molar-refractivity contribution in [3.05, 3.63) is 101 Å². The smallest absolute Gasteiger partial charge is 0.319 e. The minimum atomic E-state index is -0.481. The molecule has 4 N–H and O–H groups in total. The van der Waals surface area contributed by atoms with Gasteiger partial charge in [0.05, 0.1) is 6.04 Å². The van der Waals surface area contributed by atoms with E-state index in [1.807, 2.05) is 12.1 Å². The Hall–Kier alpha value is -4.86. The van der Waals surface area contributed by atoms with Gasteiger partial charge in [-0.25, -0.2) is 4.79 Å². The largest absolute Gasteiger partial charge is 0.327 e. The van der Waals surface area contributed by atoms with Gasteiger partial charge in [0.15, 0.2) is 5.78 Å². The molecule has 3 amide bonds. The van der Waals surface area contributed by atoms with Crippen molar-refractivity contribution in [1.29, 1.82) is 0 Å². The number of amides is 3. The number of urea groups is 1. The maximum absolute atomic E-state index is 13.1. The number of anilines is 2. The Labute approximate surface area is 232 Å². The number of carbonyl (C=O) groups is 3. The van der Waals surface area contributed by atoms with E-state index >= 15 is 0 Å². The highest BCUT2D eigenvalue weighted by Gasteiger charge is 2.20. The van der Waals surface area contributed by atoms with Gasteiger partial charge < -0.3 is 10.6 Å². The van der Waals surface area contributed by atoms with Crippen molar-refractivity contribution in [2.45, 2.75) is 51.0 Å². The number of hydrogen-bond acceptors (Lipinski definition) is 6. The van der Waals surface area contributed by atoms with E-state index < -0.39 is 12.1 Å². The van der Waals surface area contributed by atoms with Crippen LogP contribution < -0.4 is 16.0 Å². The number of aromatic nitrogens is 4. The Morgan fingerprint density at radius 2 is 1.55 bits per heavy atom. The SMILES string of the molecule is CC(=O)c1cccc(NC(=O)NC(c2ccc(C(=O)Nc3nn[nH]n3)cc2)c2ccc(C3CCCCC3)cc2)c1. The van der Waals surface area contributed by atoms with Crippen LogP contribution in [0.4, 0.5) is 16.4 Å². The van der Waals surface area contributed by atoms with Gasteiger partial charge >= 0.3 is 6.03 Å². The number of nitrogens with one attached hydrogen (secondary N) is 4. The van der Waals surface area contributed by atoms with Gasteiger partial charge in [-0.2, -0.15) is 5.21 Å². The normalized spacial score (nSPS) is 14.2. The lowest BCUT2D eigenvalue weighted by Crippen LogP contribution is -2.33. The molecule has 40 heavy (non-hydrogen) atoms. The van der Waals surface area contributed by atoms with Crippen molar-refractivity contribution >= 4 is 29.4 Å². The van der Waals surface area contributed by atoms with Gasteiger partial charge in [0.25, 0.3) is 11.9 Å². The van der Waals surface area contributed by atoms with E-state index in [0.29, 0.717) is 22.7 Å². The van der Waals surface area contributed by atoms with E-state index in [0.717, 1.165) is 11.1 Å². The predicted octanol–water partition coefficient (Wildman–Crippen LogP) is 5.61. The summed E-state index contributed by atoms with van der Waals surface area (Å²) in [4.78, 5) is 37.5. The Morgan fingerprint density at radius 1 is 0.850 bits per heavy atom. The molecule has 0 aliphatic heterocycles. The van der Waals surface area contributed by atoms with E-state index in [2.05, 4.69) is 60.8 Å². The fourth-order valence-corrected chi connectivity index (χ4v) is 5.09. The number of H-pyrrole nitrogens is 1. The number of rotatable bonds is 8. The standard InChI is InChI=1S/C30H31N7O3/c1-19(38)25-8-5-9-26(18-25)31-30(40)32-27(22-12-10-21(11-13-22)20-6-3-2-4-7-20)23-14-16-24(17-15-23)28(39)33-29-34-36-37-35-29/h5,8-18,20,27H,2-4,6-7H2,1H3,(H2,31,32,40)(H2,33,34,35,36,37,39). The lowest BCUT2D eigenvalue weighted by molar-refractivity contribution is 0.101. The lowest BCUT2D eigenvalue weighted by atomic mass is 9.83. The van der Waals surface area contributed by atoms with Crippen molar-refractivity contribution in [1.82, 2.24) is 25.9 Å². The molecule has 10 heteroatoms. The highest BCUT2D eigenvalue weighted by Crippen LogP contribution is 2.33. The molecule has 4 aromatic rings. The maximum atomic E-state index is 13.1. The van der Waals surface area contributed by atoms with Gasteiger partial charge in [-0.05, 0) is 71.9 Å².